The molecule has 0 radical (unpaired) electrons. The Hall–Kier alpha value is -2.93. The molecule has 0 bridgehead atoms. The summed E-state index contributed by atoms with van der Waals surface area (Å²) >= 11 is 0. The molecule has 0 saturated carbocycles. The van der Waals surface area contributed by atoms with Crippen molar-refractivity contribution >= 4 is 29.7 Å². The summed E-state index contributed by atoms with van der Waals surface area (Å²) in [6.45, 7) is 6.58. The fourth-order valence-corrected chi connectivity index (χ4v) is 2.85. The van der Waals surface area contributed by atoms with Gasteiger partial charge < -0.3 is 43.4 Å². The zero-order valence-electron chi connectivity index (χ0n) is 19.7. The van der Waals surface area contributed by atoms with Crippen molar-refractivity contribution in [3.63, 3.8) is 0 Å². The van der Waals surface area contributed by atoms with Crippen molar-refractivity contribution in [3.8, 4) is 0 Å². The summed E-state index contributed by atoms with van der Waals surface area (Å²) < 4.78 is 0. The number of hydrogen-bond acceptors (Lipinski definition) is 7. The van der Waals surface area contributed by atoms with Crippen LogP contribution in [0.5, 0.6) is 0 Å². The molecule has 0 aliphatic heterocycles. The Labute approximate surface area is 193 Å². The number of amides is 3. The Balaban J connectivity index is 5.40. The topological polar surface area (TPSA) is 235 Å². The molecule has 0 heterocycles. The predicted molar refractivity (Wildman–Crippen MR) is 123 cm³/mol. The minimum absolute atomic E-state index is 0.0861. The molecule has 3 amide bonds. The molecule has 13 nitrogen and oxygen atoms in total. The van der Waals surface area contributed by atoms with Crippen molar-refractivity contribution in [1.82, 2.24) is 16.0 Å². The van der Waals surface area contributed by atoms with E-state index in [0.717, 1.165) is 0 Å². The van der Waals surface area contributed by atoms with Gasteiger partial charge in [-0.2, -0.15) is 0 Å². The highest BCUT2D eigenvalue weighted by Crippen LogP contribution is 2.11. The molecule has 0 aliphatic carbocycles. The second-order valence-corrected chi connectivity index (χ2v) is 8.24. The third-order valence-corrected chi connectivity index (χ3v) is 5.13. The van der Waals surface area contributed by atoms with Crippen LogP contribution in [0.25, 0.3) is 0 Å². The lowest BCUT2D eigenvalue weighted by Gasteiger charge is -2.29. The number of aliphatic hydroxyl groups excluding tert-OH is 1. The second-order valence-electron chi connectivity index (χ2n) is 8.24. The summed E-state index contributed by atoms with van der Waals surface area (Å²) in [4.78, 5) is 53.2. The number of carbonyl (C=O) groups excluding carboxylic acids is 3. The highest BCUT2D eigenvalue weighted by Gasteiger charge is 2.33. The van der Waals surface area contributed by atoms with E-state index in [-0.39, 0.29) is 30.8 Å². The molecule has 0 spiro atoms. The normalized spacial score (nSPS) is 15.5. The number of nitrogens with one attached hydrogen (secondary N) is 3. The molecule has 5 unspecified atom stereocenters. The van der Waals surface area contributed by atoms with Gasteiger partial charge in [0.2, 0.25) is 17.7 Å². The largest absolute Gasteiger partial charge is 0.480 e. The Morgan fingerprint density at radius 1 is 0.939 bits per heavy atom. The van der Waals surface area contributed by atoms with Gasteiger partial charge in [0.15, 0.2) is 5.96 Å². The van der Waals surface area contributed by atoms with E-state index in [1.54, 1.807) is 20.8 Å². The molecular formula is C20H39N7O6. The van der Waals surface area contributed by atoms with Crippen LogP contribution in [0.15, 0.2) is 4.99 Å². The monoisotopic (exact) mass is 473 g/mol. The molecule has 33 heavy (non-hydrogen) atoms. The summed E-state index contributed by atoms with van der Waals surface area (Å²) in [6.07, 6.45) is 0.930. The van der Waals surface area contributed by atoms with E-state index < -0.39 is 54.5 Å². The van der Waals surface area contributed by atoms with Crippen LogP contribution in [0, 0.1) is 11.8 Å². The number of hydrogen-bond donors (Lipinski definition) is 8. The zero-order chi connectivity index (χ0) is 25.7. The minimum Gasteiger partial charge on any atom is -0.480 e. The Morgan fingerprint density at radius 2 is 1.48 bits per heavy atom. The van der Waals surface area contributed by atoms with Gasteiger partial charge in [0.05, 0.1) is 6.61 Å². The molecule has 0 aromatic carbocycles. The molecule has 190 valence electrons. The van der Waals surface area contributed by atoms with E-state index in [1.807, 2.05) is 6.92 Å². The molecule has 13 heteroatoms. The van der Waals surface area contributed by atoms with Crippen LogP contribution in [0.4, 0.5) is 0 Å². The summed E-state index contributed by atoms with van der Waals surface area (Å²) in [5.41, 5.74) is 16.0. The maximum absolute atomic E-state index is 12.9. The van der Waals surface area contributed by atoms with Crippen LogP contribution >= 0.6 is 0 Å². The van der Waals surface area contributed by atoms with Gasteiger partial charge in [-0.3, -0.25) is 19.4 Å². The minimum atomic E-state index is -1.23. The van der Waals surface area contributed by atoms with Crippen molar-refractivity contribution < 1.29 is 29.4 Å². The van der Waals surface area contributed by atoms with E-state index in [0.29, 0.717) is 12.8 Å². The van der Waals surface area contributed by atoms with Crippen LogP contribution < -0.4 is 33.2 Å². The molecule has 0 aliphatic rings. The lowest BCUT2D eigenvalue weighted by molar-refractivity contribution is -0.143. The van der Waals surface area contributed by atoms with Crippen molar-refractivity contribution in [2.75, 3.05) is 13.2 Å². The summed E-state index contributed by atoms with van der Waals surface area (Å²) in [7, 11) is 0. The Kier molecular flexibility index (Phi) is 13.7. The highest BCUT2D eigenvalue weighted by atomic mass is 16.4. The quantitative estimate of drug-likeness (QED) is 0.0717. The van der Waals surface area contributed by atoms with Crippen molar-refractivity contribution in [3.05, 3.63) is 0 Å². The van der Waals surface area contributed by atoms with Gasteiger partial charge in [0.1, 0.15) is 24.2 Å². The van der Waals surface area contributed by atoms with Crippen LogP contribution in [-0.2, 0) is 19.2 Å². The SMILES string of the molecule is CCC(C)C(NC(=O)C(NC(=O)C(N)CO)C(C)C)C(=O)NC(CCCN=C(N)N)C(=O)O. The lowest BCUT2D eigenvalue weighted by Crippen LogP contribution is -2.60. The standard InChI is InChI=1S/C20H39N7O6/c1-5-11(4)15(18(31)25-13(19(32)33)7-6-8-24-20(22)23)27-17(30)14(10(2)3)26-16(29)12(21)9-28/h10-15,28H,5-9,21H2,1-4H3,(H,25,31)(H,26,29)(H,27,30)(H,32,33)(H4,22,23,24). The summed E-state index contributed by atoms with van der Waals surface area (Å²) in [6, 6.07) is -4.43. The van der Waals surface area contributed by atoms with Crippen molar-refractivity contribution in [2.45, 2.75) is 71.1 Å². The van der Waals surface area contributed by atoms with Gasteiger partial charge in [-0.05, 0) is 24.7 Å². The number of carbonyl (C=O) groups is 4. The molecule has 0 rings (SSSR count). The lowest BCUT2D eigenvalue weighted by atomic mass is 9.96. The first-order chi connectivity index (χ1) is 15.3. The average molecular weight is 474 g/mol. The molecule has 5 atom stereocenters. The maximum Gasteiger partial charge on any atom is 0.326 e. The fraction of sp³-hybridized carbons (Fsp3) is 0.750. The smallest absolute Gasteiger partial charge is 0.326 e. The Bertz CT molecular complexity index is 696. The van der Waals surface area contributed by atoms with Crippen LogP contribution in [0.2, 0.25) is 0 Å². The molecule has 11 N–H and O–H groups in total. The highest BCUT2D eigenvalue weighted by molar-refractivity contribution is 5.94. The average Bonchev–Trinajstić information content (AvgIpc) is 2.75. The van der Waals surface area contributed by atoms with E-state index in [4.69, 9.17) is 22.3 Å². The number of carboxylic acid groups (broad SMARTS) is 1. The number of aliphatic imine (C=N–C) groups is 1. The van der Waals surface area contributed by atoms with Crippen LogP contribution in [0.3, 0.4) is 0 Å². The van der Waals surface area contributed by atoms with Gasteiger partial charge in [0, 0.05) is 6.54 Å². The number of nitrogens with two attached hydrogens (primary N) is 3. The molecular weight excluding hydrogens is 434 g/mol. The summed E-state index contributed by atoms with van der Waals surface area (Å²) in [5.74, 6) is -4.00. The van der Waals surface area contributed by atoms with Gasteiger partial charge in [-0.15, -0.1) is 0 Å². The van der Waals surface area contributed by atoms with E-state index in [2.05, 4.69) is 20.9 Å². The van der Waals surface area contributed by atoms with Gasteiger partial charge in [-0.25, -0.2) is 4.79 Å². The molecule has 0 fully saturated rings. The first kappa shape index (κ1) is 30.1. The first-order valence-corrected chi connectivity index (χ1v) is 10.9. The third-order valence-electron chi connectivity index (χ3n) is 5.13. The van der Waals surface area contributed by atoms with Crippen molar-refractivity contribution in [2.24, 2.45) is 34.0 Å². The van der Waals surface area contributed by atoms with Gasteiger partial charge in [0.25, 0.3) is 0 Å². The Morgan fingerprint density at radius 3 is 1.94 bits per heavy atom. The van der Waals surface area contributed by atoms with E-state index in [9.17, 15) is 24.3 Å². The molecule has 0 aromatic rings. The second kappa shape index (κ2) is 15.0. The number of carboxylic acids is 1. The third kappa shape index (κ3) is 11.0. The van der Waals surface area contributed by atoms with E-state index in [1.165, 1.54) is 0 Å². The number of nitrogens with zero attached hydrogens (tertiary/aromatic N) is 1. The molecule has 0 aromatic heterocycles. The zero-order valence-corrected chi connectivity index (χ0v) is 19.7. The first-order valence-electron chi connectivity index (χ1n) is 10.9. The van der Waals surface area contributed by atoms with Gasteiger partial charge >= 0.3 is 5.97 Å². The number of aliphatic carboxylic acids is 1. The van der Waals surface area contributed by atoms with Crippen LogP contribution in [-0.4, -0.2) is 77.2 Å². The molecule has 0 saturated heterocycles. The van der Waals surface area contributed by atoms with Crippen molar-refractivity contribution in [1.29, 1.82) is 0 Å². The van der Waals surface area contributed by atoms with E-state index >= 15 is 0 Å². The number of guanidine groups is 1. The fourth-order valence-electron chi connectivity index (χ4n) is 2.85. The van der Waals surface area contributed by atoms with Crippen LogP contribution in [0.1, 0.15) is 47.0 Å². The maximum atomic E-state index is 12.9. The predicted octanol–water partition coefficient (Wildman–Crippen LogP) is -2.40. The number of rotatable bonds is 15. The number of aliphatic hydroxyl groups is 1. The van der Waals surface area contributed by atoms with Gasteiger partial charge in [-0.1, -0.05) is 34.1 Å². The summed E-state index contributed by atoms with van der Waals surface area (Å²) in [5, 5.41) is 26.1.